The molecule has 1 aromatic rings. The van der Waals surface area contributed by atoms with Crippen LogP contribution in [0, 0.1) is 6.92 Å². The molecule has 1 aliphatic heterocycles. The number of rotatable bonds is 3. The van der Waals surface area contributed by atoms with Crippen molar-refractivity contribution in [2.24, 2.45) is 0 Å². The fourth-order valence-corrected chi connectivity index (χ4v) is 3.39. The average molecular weight is 269 g/mol. The quantitative estimate of drug-likeness (QED) is 0.901. The minimum Gasteiger partial charge on any atom is -0.385 e. The minimum atomic E-state index is -0.776. The minimum absolute atomic E-state index is 0.776. The Kier molecular flexibility index (Phi) is 4.06. The summed E-state index contributed by atoms with van der Waals surface area (Å²) < 4.78 is 0. The maximum Gasteiger partial charge on any atom is 0.107 e. The molecule has 1 N–H and O–H groups in total. The van der Waals surface area contributed by atoms with Gasteiger partial charge in [-0.3, -0.25) is 4.90 Å². The Labute approximate surface area is 113 Å². The van der Waals surface area contributed by atoms with Crippen molar-refractivity contribution in [3.63, 3.8) is 0 Å². The lowest BCUT2D eigenvalue weighted by molar-refractivity contribution is 0.0817. The summed E-state index contributed by atoms with van der Waals surface area (Å²) >= 11 is 1.64. The largest absolute Gasteiger partial charge is 0.385 e. The van der Waals surface area contributed by atoms with E-state index in [0.29, 0.717) is 0 Å². The second kappa shape index (κ2) is 5.25. The number of aryl methyl sites for hydroxylation is 1. The molecule has 0 atom stereocenters. The first kappa shape index (κ1) is 13.9. The first-order valence-electron chi connectivity index (χ1n) is 6.46. The molecule has 1 saturated heterocycles. The molecule has 0 saturated carbocycles. The Morgan fingerprint density at radius 1 is 1.28 bits per heavy atom. The van der Waals surface area contributed by atoms with E-state index in [1.807, 2.05) is 20.8 Å². The highest BCUT2D eigenvalue weighted by Gasteiger charge is 2.24. The van der Waals surface area contributed by atoms with Crippen LogP contribution >= 0.6 is 11.3 Å². The molecule has 102 valence electrons. The molecular weight excluding hydrogens is 246 g/mol. The van der Waals surface area contributed by atoms with Crippen molar-refractivity contribution >= 4 is 11.3 Å². The fraction of sp³-hybridized carbons (Fsp3) is 0.769. The van der Waals surface area contributed by atoms with Gasteiger partial charge < -0.3 is 10.0 Å². The van der Waals surface area contributed by atoms with Crippen LogP contribution in [0.5, 0.6) is 0 Å². The number of hydrogen-bond acceptors (Lipinski definition) is 5. The molecule has 0 amide bonds. The average Bonchev–Trinajstić information content (AvgIpc) is 2.63. The molecule has 18 heavy (non-hydrogen) atoms. The predicted octanol–water partition coefficient (Wildman–Crippen LogP) is 1.43. The summed E-state index contributed by atoms with van der Waals surface area (Å²) in [6, 6.07) is 0. The Morgan fingerprint density at radius 3 is 2.39 bits per heavy atom. The van der Waals surface area contributed by atoms with Gasteiger partial charge in [0.25, 0.3) is 0 Å². The van der Waals surface area contributed by atoms with E-state index in [4.69, 9.17) is 0 Å². The molecule has 0 aromatic carbocycles. The number of aliphatic hydroxyl groups is 1. The monoisotopic (exact) mass is 269 g/mol. The predicted molar refractivity (Wildman–Crippen MR) is 74.9 cm³/mol. The van der Waals surface area contributed by atoms with E-state index in [2.05, 4.69) is 21.8 Å². The zero-order chi connectivity index (χ0) is 13.3. The van der Waals surface area contributed by atoms with Crippen LogP contribution in [0.2, 0.25) is 0 Å². The van der Waals surface area contributed by atoms with Crippen LogP contribution in [0.4, 0.5) is 0 Å². The molecule has 5 heteroatoms. The van der Waals surface area contributed by atoms with E-state index in [1.165, 1.54) is 0 Å². The van der Waals surface area contributed by atoms with E-state index < -0.39 is 5.60 Å². The van der Waals surface area contributed by atoms with Gasteiger partial charge in [-0.25, -0.2) is 4.98 Å². The number of nitrogens with zero attached hydrogens (tertiary/aromatic N) is 3. The Balaban J connectivity index is 2.02. The molecule has 0 bridgehead atoms. The molecule has 4 nitrogen and oxygen atoms in total. The van der Waals surface area contributed by atoms with Crippen molar-refractivity contribution in [3.05, 3.63) is 15.6 Å². The molecule has 0 unspecified atom stereocenters. The van der Waals surface area contributed by atoms with E-state index in [0.717, 1.165) is 48.3 Å². The number of likely N-dealkylation sites (N-methyl/N-ethyl adjacent to an activating group) is 1. The van der Waals surface area contributed by atoms with Gasteiger partial charge in [-0.05, 0) is 27.8 Å². The highest BCUT2D eigenvalue weighted by molar-refractivity contribution is 7.11. The lowest BCUT2D eigenvalue weighted by Gasteiger charge is -2.31. The summed E-state index contributed by atoms with van der Waals surface area (Å²) in [5, 5.41) is 11.2. The van der Waals surface area contributed by atoms with Crippen molar-refractivity contribution in [2.45, 2.75) is 32.9 Å². The molecule has 2 heterocycles. The lowest BCUT2D eigenvalue weighted by atomic mass is 10.1. The second-order valence-electron chi connectivity index (χ2n) is 5.66. The van der Waals surface area contributed by atoms with Crippen LogP contribution in [0.25, 0.3) is 0 Å². The maximum atomic E-state index is 10.1. The van der Waals surface area contributed by atoms with Crippen LogP contribution < -0.4 is 0 Å². The summed E-state index contributed by atoms with van der Waals surface area (Å²) in [7, 11) is 2.16. The molecule has 1 aromatic heterocycles. The summed E-state index contributed by atoms with van der Waals surface area (Å²) in [6.45, 7) is 11.0. The van der Waals surface area contributed by atoms with Crippen molar-refractivity contribution < 1.29 is 5.11 Å². The van der Waals surface area contributed by atoms with Crippen LogP contribution in [-0.2, 0) is 12.1 Å². The molecule has 0 aliphatic carbocycles. The molecule has 1 aliphatic rings. The van der Waals surface area contributed by atoms with E-state index in [-0.39, 0.29) is 0 Å². The van der Waals surface area contributed by atoms with Gasteiger partial charge in [-0.15, -0.1) is 11.3 Å². The van der Waals surface area contributed by atoms with Gasteiger partial charge >= 0.3 is 0 Å². The second-order valence-corrected chi connectivity index (χ2v) is 6.74. The van der Waals surface area contributed by atoms with Crippen molar-refractivity contribution in [3.8, 4) is 0 Å². The van der Waals surface area contributed by atoms with Gasteiger partial charge in [0.05, 0.1) is 22.7 Å². The zero-order valence-corrected chi connectivity index (χ0v) is 12.5. The SMILES string of the molecule is Cc1nc(CN2CCN(C)CC2)sc1C(C)(C)O. The summed E-state index contributed by atoms with van der Waals surface area (Å²) in [6.07, 6.45) is 0. The molecule has 0 spiro atoms. The normalized spacial score (nSPS) is 19.4. The standard InChI is InChI=1S/C13H23N3OS/c1-10-12(13(2,3)17)18-11(14-10)9-16-7-5-15(4)6-8-16/h17H,5-9H2,1-4H3. The van der Waals surface area contributed by atoms with Crippen molar-refractivity contribution in [1.82, 2.24) is 14.8 Å². The highest BCUT2D eigenvalue weighted by Crippen LogP contribution is 2.30. The fourth-order valence-electron chi connectivity index (χ4n) is 2.28. The van der Waals surface area contributed by atoms with E-state index >= 15 is 0 Å². The third-order valence-corrected chi connectivity index (χ3v) is 4.81. The van der Waals surface area contributed by atoms with Crippen molar-refractivity contribution in [1.29, 1.82) is 0 Å². The van der Waals surface area contributed by atoms with Crippen molar-refractivity contribution in [2.75, 3.05) is 33.2 Å². The Hall–Kier alpha value is -0.490. The van der Waals surface area contributed by atoms with E-state index in [1.54, 1.807) is 11.3 Å². The molecule has 1 fully saturated rings. The zero-order valence-electron chi connectivity index (χ0n) is 11.7. The summed E-state index contributed by atoms with van der Waals surface area (Å²) in [4.78, 5) is 10.4. The number of thiazole rings is 1. The first-order valence-corrected chi connectivity index (χ1v) is 7.28. The van der Waals surface area contributed by atoms with Gasteiger partial charge in [0, 0.05) is 26.2 Å². The topological polar surface area (TPSA) is 39.6 Å². The summed E-state index contributed by atoms with van der Waals surface area (Å²) in [5.41, 5.74) is 0.193. The third kappa shape index (κ3) is 3.29. The summed E-state index contributed by atoms with van der Waals surface area (Å²) in [5.74, 6) is 0. The van der Waals surface area contributed by atoms with Gasteiger partial charge in [0.1, 0.15) is 5.01 Å². The molecular formula is C13H23N3OS. The Bertz CT molecular complexity index is 403. The number of hydrogen-bond donors (Lipinski definition) is 1. The van der Waals surface area contributed by atoms with Crippen LogP contribution in [-0.4, -0.2) is 53.1 Å². The molecule has 2 rings (SSSR count). The number of aromatic nitrogens is 1. The maximum absolute atomic E-state index is 10.1. The smallest absolute Gasteiger partial charge is 0.107 e. The van der Waals surface area contributed by atoms with Gasteiger partial charge in [0.15, 0.2) is 0 Å². The lowest BCUT2D eigenvalue weighted by Crippen LogP contribution is -2.43. The van der Waals surface area contributed by atoms with Gasteiger partial charge in [-0.2, -0.15) is 0 Å². The van der Waals surface area contributed by atoms with Crippen LogP contribution in [0.3, 0.4) is 0 Å². The Morgan fingerprint density at radius 2 is 1.89 bits per heavy atom. The molecule has 0 radical (unpaired) electrons. The van der Waals surface area contributed by atoms with E-state index in [9.17, 15) is 5.11 Å². The van der Waals surface area contributed by atoms with Gasteiger partial charge in [-0.1, -0.05) is 0 Å². The van der Waals surface area contributed by atoms with Crippen LogP contribution in [0.15, 0.2) is 0 Å². The third-order valence-electron chi connectivity index (χ3n) is 3.35. The highest BCUT2D eigenvalue weighted by atomic mass is 32.1. The van der Waals surface area contributed by atoms with Crippen LogP contribution in [0.1, 0.15) is 29.4 Å². The first-order chi connectivity index (χ1) is 8.36. The number of piperazine rings is 1. The van der Waals surface area contributed by atoms with Gasteiger partial charge in [0.2, 0.25) is 0 Å².